The number of benzene rings is 1. The van der Waals surface area contributed by atoms with Gasteiger partial charge in [0, 0.05) is 5.56 Å². The first-order valence-electron chi connectivity index (χ1n) is 7.85. The van der Waals surface area contributed by atoms with Crippen molar-refractivity contribution in [1.82, 2.24) is 0 Å². The fourth-order valence-electron chi connectivity index (χ4n) is 3.47. The van der Waals surface area contributed by atoms with Gasteiger partial charge in [0.15, 0.2) is 0 Å². The predicted octanol–water partition coefficient (Wildman–Crippen LogP) is 4.50. The number of hydrogen-bond acceptors (Lipinski definition) is 2. The standard InChI is InChI=1S/C18H28O2/c1-12(2)14-6-8-15(9-7-14)18(19)16-11-13(3)5-10-17(16)20-4/h5,10-12,14-15,18-19H,6-9H2,1-4H3. The van der Waals surface area contributed by atoms with E-state index < -0.39 is 6.10 Å². The zero-order chi connectivity index (χ0) is 14.7. The molecular formula is C18H28O2. The van der Waals surface area contributed by atoms with E-state index in [2.05, 4.69) is 26.8 Å². The molecule has 0 spiro atoms. The van der Waals surface area contributed by atoms with E-state index in [-0.39, 0.29) is 0 Å². The summed E-state index contributed by atoms with van der Waals surface area (Å²) in [6, 6.07) is 6.07. The molecule has 0 saturated heterocycles. The van der Waals surface area contributed by atoms with Gasteiger partial charge in [-0.15, -0.1) is 0 Å². The summed E-state index contributed by atoms with van der Waals surface area (Å²) in [7, 11) is 1.68. The van der Waals surface area contributed by atoms with E-state index in [1.165, 1.54) is 18.4 Å². The van der Waals surface area contributed by atoms with E-state index in [1.54, 1.807) is 7.11 Å². The molecule has 0 amide bonds. The molecule has 0 aromatic heterocycles. The lowest BCUT2D eigenvalue weighted by Gasteiger charge is -2.34. The van der Waals surface area contributed by atoms with Crippen molar-refractivity contribution < 1.29 is 9.84 Å². The number of methoxy groups -OCH3 is 1. The summed E-state index contributed by atoms with van der Waals surface area (Å²) in [6.07, 6.45) is 4.35. The highest BCUT2D eigenvalue weighted by molar-refractivity contribution is 5.38. The topological polar surface area (TPSA) is 29.5 Å². The van der Waals surface area contributed by atoms with Gasteiger partial charge in [0.05, 0.1) is 13.2 Å². The third kappa shape index (κ3) is 3.35. The molecule has 2 nitrogen and oxygen atoms in total. The molecule has 1 saturated carbocycles. The lowest BCUT2D eigenvalue weighted by molar-refractivity contribution is 0.0648. The van der Waals surface area contributed by atoms with Crippen LogP contribution in [0.4, 0.5) is 0 Å². The molecule has 1 aliphatic carbocycles. The van der Waals surface area contributed by atoms with Gasteiger partial charge in [-0.1, -0.05) is 25.5 Å². The Morgan fingerprint density at radius 2 is 1.70 bits per heavy atom. The van der Waals surface area contributed by atoms with Crippen LogP contribution in [0.2, 0.25) is 0 Å². The van der Waals surface area contributed by atoms with Crippen molar-refractivity contribution in [3.8, 4) is 5.75 Å². The Morgan fingerprint density at radius 1 is 1.10 bits per heavy atom. The molecule has 0 heterocycles. The minimum absolute atomic E-state index is 0.376. The molecule has 1 atom stereocenters. The van der Waals surface area contributed by atoms with Gasteiger partial charge in [-0.2, -0.15) is 0 Å². The Labute approximate surface area is 123 Å². The molecule has 1 aromatic rings. The fourth-order valence-corrected chi connectivity index (χ4v) is 3.47. The number of aryl methyl sites for hydroxylation is 1. The van der Waals surface area contributed by atoms with Gasteiger partial charge >= 0.3 is 0 Å². The van der Waals surface area contributed by atoms with Gasteiger partial charge in [-0.3, -0.25) is 0 Å². The maximum absolute atomic E-state index is 10.7. The van der Waals surface area contributed by atoms with Crippen LogP contribution in [-0.2, 0) is 0 Å². The maximum atomic E-state index is 10.7. The second kappa shape index (κ2) is 6.62. The summed E-state index contributed by atoms with van der Waals surface area (Å²) >= 11 is 0. The molecule has 1 N–H and O–H groups in total. The van der Waals surface area contributed by atoms with E-state index in [0.29, 0.717) is 5.92 Å². The summed E-state index contributed by atoms with van der Waals surface area (Å²) in [5.41, 5.74) is 2.14. The van der Waals surface area contributed by atoms with Crippen LogP contribution in [0.15, 0.2) is 18.2 Å². The molecular weight excluding hydrogens is 248 g/mol. The highest BCUT2D eigenvalue weighted by Gasteiger charge is 2.29. The monoisotopic (exact) mass is 276 g/mol. The minimum atomic E-state index is -0.391. The zero-order valence-electron chi connectivity index (χ0n) is 13.2. The first kappa shape index (κ1) is 15.4. The Bertz CT molecular complexity index is 431. The maximum Gasteiger partial charge on any atom is 0.124 e. The van der Waals surface area contributed by atoms with Gasteiger partial charge < -0.3 is 9.84 Å². The average molecular weight is 276 g/mol. The molecule has 112 valence electrons. The summed E-state index contributed by atoms with van der Waals surface area (Å²) in [5.74, 6) is 2.79. The van der Waals surface area contributed by atoms with E-state index >= 15 is 0 Å². The minimum Gasteiger partial charge on any atom is -0.496 e. The molecule has 2 heteroatoms. The largest absolute Gasteiger partial charge is 0.496 e. The quantitative estimate of drug-likeness (QED) is 0.877. The second-order valence-corrected chi connectivity index (χ2v) is 6.61. The SMILES string of the molecule is COc1ccc(C)cc1C(O)C1CCC(C(C)C)CC1. The first-order chi connectivity index (χ1) is 9.52. The third-order valence-corrected chi connectivity index (χ3v) is 4.91. The van der Waals surface area contributed by atoms with Gasteiger partial charge in [0.1, 0.15) is 5.75 Å². The Hall–Kier alpha value is -1.02. The molecule has 1 aliphatic rings. The van der Waals surface area contributed by atoms with Crippen LogP contribution < -0.4 is 4.74 Å². The first-order valence-corrected chi connectivity index (χ1v) is 7.85. The fraction of sp³-hybridized carbons (Fsp3) is 0.667. The lowest BCUT2D eigenvalue weighted by atomic mass is 9.74. The molecule has 1 unspecified atom stereocenters. The number of rotatable bonds is 4. The van der Waals surface area contributed by atoms with Crippen molar-refractivity contribution in [3.05, 3.63) is 29.3 Å². The van der Waals surface area contributed by atoms with Crippen molar-refractivity contribution in [2.45, 2.75) is 52.6 Å². The number of aliphatic hydroxyl groups is 1. The molecule has 0 bridgehead atoms. The summed E-state index contributed by atoms with van der Waals surface area (Å²) in [5, 5.41) is 10.7. The van der Waals surface area contributed by atoms with Crippen LogP contribution in [-0.4, -0.2) is 12.2 Å². The molecule has 1 fully saturated rings. The van der Waals surface area contributed by atoms with E-state index in [1.807, 2.05) is 12.1 Å². The van der Waals surface area contributed by atoms with Crippen LogP contribution in [0.5, 0.6) is 5.75 Å². The third-order valence-electron chi connectivity index (χ3n) is 4.91. The van der Waals surface area contributed by atoms with E-state index in [0.717, 1.165) is 36.0 Å². The highest BCUT2D eigenvalue weighted by Crippen LogP contribution is 2.41. The number of ether oxygens (including phenoxy) is 1. The molecule has 2 rings (SSSR count). The normalized spacial score (nSPS) is 24.7. The van der Waals surface area contributed by atoms with Crippen LogP contribution in [0.3, 0.4) is 0 Å². The molecule has 1 aromatic carbocycles. The van der Waals surface area contributed by atoms with Gasteiger partial charge in [0.2, 0.25) is 0 Å². The van der Waals surface area contributed by atoms with Crippen LogP contribution in [0, 0.1) is 24.7 Å². The average Bonchev–Trinajstić information content (AvgIpc) is 2.46. The molecule has 0 aliphatic heterocycles. The zero-order valence-corrected chi connectivity index (χ0v) is 13.2. The predicted molar refractivity (Wildman–Crippen MR) is 83.0 cm³/mol. The van der Waals surface area contributed by atoms with Crippen LogP contribution in [0.25, 0.3) is 0 Å². The van der Waals surface area contributed by atoms with Crippen LogP contribution in [0.1, 0.15) is 56.8 Å². The van der Waals surface area contributed by atoms with Crippen molar-refractivity contribution >= 4 is 0 Å². The number of aliphatic hydroxyl groups excluding tert-OH is 1. The van der Waals surface area contributed by atoms with Crippen molar-refractivity contribution in [1.29, 1.82) is 0 Å². The molecule has 20 heavy (non-hydrogen) atoms. The Kier molecular flexibility index (Phi) is 5.09. The van der Waals surface area contributed by atoms with Crippen molar-refractivity contribution in [2.24, 2.45) is 17.8 Å². The van der Waals surface area contributed by atoms with Crippen LogP contribution >= 0.6 is 0 Å². The van der Waals surface area contributed by atoms with Gasteiger partial charge in [-0.05, 0) is 62.5 Å². The van der Waals surface area contributed by atoms with Crippen molar-refractivity contribution in [3.63, 3.8) is 0 Å². The second-order valence-electron chi connectivity index (χ2n) is 6.61. The van der Waals surface area contributed by atoms with Crippen molar-refractivity contribution in [2.75, 3.05) is 7.11 Å². The summed E-state index contributed by atoms with van der Waals surface area (Å²) in [6.45, 7) is 6.68. The molecule has 0 radical (unpaired) electrons. The highest BCUT2D eigenvalue weighted by atomic mass is 16.5. The summed E-state index contributed by atoms with van der Waals surface area (Å²) in [4.78, 5) is 0. The Balaban J connectivity index is 2.09. The van der Waals surface area contributed by atoms with E-state index in [4.69, 9.17) is 4.74 Å². The van der Waals surface area contributed by atoms with E-state index in [9.17, 15) is 5.11 Å². The summed E-state index contributed by atoms with van der Waals surface area (Å²) < 4.78 is 5.41. The Morgan fingerprint density at radius 3 is 2.25 bits per heavy atom. The number of hydrogen-bond donors (Lipinski definition) is 1. The smallest absolute Gasteiger partial charge is 0.124 e. The van der Waals surface area contributed by atoms with Gasteiger partial charge in [0.25, 0.3) is 0 Å². The lowest BCUT2D eigenvalue weighted by Crippen LogP contribution is -2.23. The van der Waals surface area contributed by atoms with Gasteiger partial charge in [-0.25, -0.2) is 0 Å².